The van der Waals surface area contributed by atoms with Gasteiger partial charge in [0, 0.05) is 17.6 Å². The second-order valence-corrected chi connectivity index (χ2v) is 3.85. The summed E-state index contributed by atoms with van der Waals surface area (Å²) in [6.45, 7) is 1.86. The van der Waals surface area contributed by atoms with Gasteiger partial charge < -0.3 is 10.1 Å². The van der Waals surface area contributed by atoms with E-state index in [1.807, 2.05) is 6.92 Å². The van der Waals surface area contributed by atoms with Crippen LogP contribution >= 0.6 is 11.8 Å². The molecule has 66 valence electrons. The lowest BCUT2D eigenvalue weighted by Crippen LogP contribution is -2.05. The standard InChI is InChI=1S/C7H10N2O2S/c1-5(4-6(10)11)12-7-8-2-3-9-7/h2-3,5H,4H2,1H3,(H,8,9)(H,10,11). The van der Waals surface area contributed by atoms with E-state index < -0.39 is 5.97 Å². The summed E-state index contributed by atoms with van der Waals surface area (Å²) >= 11 is 1.43. The van der Waals surface area contributed by atoms with Crippen LogP contribution in [0.5, 0.6) is 0 Å². The number of hydrogen-bond donors (Lipinski definition) is 2. The average Bonchev–Trinajstić information content (AvgIpc) is 2.37. The number of carboxylic acid groups (broad SMARTS) is 1. The van der Waals surface area contributed by atoms with Gasteiger partial charge >= 0.3 is 5.97 Å². The highest BCUT2D eigenvalue weighted by molar-refractivity contribution is 7.99. The Morgan fingerprint density at radius 3 is 3.17 bits per heavy atom. The van der Waals surface area contributed by atoms with Crippen LogP contribution in [0, 0.1) is 0 Å². The first-order chi connectivity index (χ1) is 5.68. The highest BCUT2D eigenvalue weighted by atomic mass is 32.2. The lowest BCUT2D eigenvalue weighted by atomic mass is 10.3. The molecule has 0 aliphatic heterocycles. The van der Waals surface area contributed by atoms with Crippen LogP contribution in [0.15, 0.2) is 17.6 Å². The third kappa shape index (κ3) is 2.96. The summed E-state index contributed by atoms with van der Waals surface area (Å²) in [5, 5.41) is 9.29. The lowest BCUT2D eigenvalue weighted by molar-refractivity contribution is -0.136. The first-order valence-electron chi connectivity index (χ1n) is 3.56. The average molecular weight is 186 g/mol. The van der Waals surface area contributed by atoms with Crippen LogP contribution in [0.25, 0.3) is 0 Å². The highest BCUT2D eigenvalue weighted by Gasteiger charge is 2.09. The topological polar surface area (TPSA) is 66.0 Å². The van der Waals surface area contributed by atoms with E-state index >= 15 is 0 Å². The van der Waals surface area contributed by atoms with Gasteiger partial charge in [0.25, 0.3) is 0 Å². The van der Waals surface area contributed by atoms with Crippen LogP contribution in [0.1, 0.15) is 13.3 Å². The molecule has 0 bridgehead atoms. The van der Waals surface area contributed by atoms with Gasteiger partial charge in [0.1, 0.15) is 0 Å². The first-order valence-corrected chi connectivity index (χ1v) is 4.44. The van der Waals surface area contributed by atoms with Gasteiger partial charge in [0.15, 0.2) is 5.16 Å². The van der Waals surface area contributed by atoms with E-state index in [0.29, 0.717) is 0 Å². The lowest BCUT2D eigenvalue weighted by Gasteiger charge is -2.04. The van der Waals surface area contributed by atoms with Crippen LogP contribution in [0.4, 0.5) is 0 Å². The van der Waals surface area contributed by atoms with Gasteiger partial charge in [-0.05, 0) is 0 Å². The van der Waals surface area contributed by atoms with Gasteiger partial charge in [0.2, 0.25) is 0 Å². The van der Waals surface area contributed by atoms with E-state index in [9.17, 15) is 4.79 Å². The molecule has 5 heteroatoms. The number of aromatic nitrogens is 2. The Kier molecular flexibility index (Phi) is 3.16. The second-order valence-electron chi connectivity index (χ2n) is 2.42. The number of thioether (sulfide) groups is 1. The van der Waals surface area contributed by atoms with Gasteiger partial charge in [-0.2, -0.15) is 0 Å². The van der Waals surface area contributed by atoms with Crippen molar-refractivity contribution in [2.24, 2.45) is 0 Å². The van der Waals surface area contributed by atoms with Crippen molar-refractivity contribution in [1.29, 1.82) is 0 Å². The molecule has 1 rings (SSSR count). The summed E-state index contributed by atoms with van der Waals surface area (Å²) < 4.78 is 0. The normalized spacial score (nSPS) is 12.8. The molecule has 0 radical (unpaired) electrons. The first kappa shape index (κ1) is 9.12. The molecule has 1 aromatic heterocycles. The van der Waals surface area contributed by atoms with Crippen LogP contribution < -0.4 is 0 Å². The minimum absolute atomic E-state index is 0.0497. The third-order valence-electron chi connectivity index (χ3n) is 1.25. The minimum atomic E-state index is -0.776. The summed E-state index contributed by atoms with van der Waals surface area (Å²) in [7, 11) is 0. The monoisotopic (exact) mass is 186 g/mol. The fraction of sp³-hybridized carbons (Fsp3) is 0.429. The number of nitrogens with one attached hydrogen (secondary N) is 1. The quantitative estimate of drug-likeness (QED) is 0.697. The molecular weight excluding hydrogens is 176 g/mol. The fourth-order valence-corrected chi connectivity index (χ4v) is 1.66. The smallest absolute Gasteiger partial charge is 0.304 e. The zero-order valence-electron chi connectivity index (χ0n) is 6.65. The predicted octanol–water partition coefficient (Wildman–Crippen LogP) is 1.36. The van der Waals surface area contributed by atoms with E-state index in [-0.39, 0.29) is 11.7 Å². The summed E-state index contributed by atoms with van der Waals surface area (Å²) in [5.74, 6) is -0.776. The molecule has 0 amide bonds. The Morgan fingerprint density at radius 2 is 2.67 bits per heavy atom. The molecule has 1 heterocycles. The molecule has 1 unspecified atom stereocenters. The number of aromatic amines is 1. The number of imidazole rings is 1. The SMILES string of the molecule is CC(CC(=O)O)Sc1ncc[nH]1. The molecule has 0 aliphatic carbocycles. The van der Waals surface area contributed by atoms with Crippen LogP contribution in [-0.4, -0.2) is 26.3 Å². The Morgan fingerprint density at radius 1 is 1.92 bits per heavy atom. The molecule has 0 aromatic carbocycles. The van der Waals surface area contributed by atoms with Crippen molar-refractivity contribution in [3.63, 3.8) is 0 Å². The van der Waals surface area contributed by atoms with Crippen molar-refractivity contribution in [2.45, 2.75) is 23.8 Å². The number of H-pyrrole nitrogens is 1. The Balaban J connectivity index is 2.36. The summed E-state index contributed by atoms with van der Waals surface area (Å²) in [4.78, 5) is 17.2. The molecule has 0 saturated carbocycles. The van der Waals surface area contributed by atoms with E-state index in [1.165, 1.54) is 11.8 Å². The third-order valence-corrected chi connectivity index (χ3v) is 2.26. The second kappa shape index (κ2) is 4.15. The molecular formula is C7H10N2O2S. The van der Waals surface area contributed by atoms with Gasteiger partial charge in [-0.1, -0.05) is 18.7 Å². The van der Waals surface area contributed by atoms with Crippen molar-refractivity contribution in [2.75, 3.05) is 0 Å². The Hall–Kier alpha value is -0.970. The van der Waals surface area contributed by atoms with Gasteiger partial charge in [-0.3, -0.25) is 4.79 Å². The van der Waals surface area contributed by atoms with Crippen molar-refractivity contribution < 1.29 is 9.90 Å². The minimum Gasteiger partial charge on any atom is -0.481 e. The number of carbonyl (C=O) groups is 1. The highest BCUT2D eigenvalue weighted by Crippen LogP contribution is 2.20. The maximum atomic E-state index is 10.3. The number of hydrogen-bond acceptors (Lipinski definition) is 3. The molecule has 2 N–H and O–H groups in total. The molecule has 0 fully saturated rings. The zero-order valence-corrected chi connectivity index (χ0v) is 7.47. The molecule has 1 atom stereocenters. The maximum absolute atomic E-state index is 10.3. The van der Waals surface area contributed by atoms with Crippen molar-refractivity contribution in [1.82, 2.24) is 9.97 Å². The predicted molar refractivity (Wildman–Crippen MR) is 46.2 cm³/mol. The summed E-state index contributed by atoms with van der Waals surface area (Å²) in [6, 6.07) is 0. The molecule has 1 aromatic rings. The number of aliphatic carboxylic acids is 1. The van der Waals surface area contributed by atoms with Crippen LogP contribution in [0.3, 0.4) is 0 Å². The van der Waals surface area contributed by atoms with Crippen LogP contribution in [-0.2, 0) is 4.79 Å². The summed E-state index contributed by atoms with van der Waals surface area (Å²) in [6.07, 6.45) is 3.52. The molecule has 0 saturated heterocycles. The fourth-order valence-electron chi connectivity index (χ4n) is 0.793. The number of rotatable bonds is 4. The van der Waals surface area contributed by atoms with Crippen LogP contribution in [0.2, 0.25) is 0 Å². The molecule has 0 aliphatic rings. The van der Waals surface area contributed by atoms with Crippen molar-refractivity contribution in [3.05, 3.63) is 12.4 Å². The molecule has 0 spiro atoms. The van der Waals surface area contributed by atoms with E-state index in [2.05, 4.69) is 9.97 Å². The number of carboxylic acids is 1. The van der Waals surface area contributed by atoms with E-state index in [4.69, 9.17) is 5.11 Å². The van der Waals surface area contributed by atoms with Crippen molar-refractivity contribution in [3.8, 4) is 0 Å². The molecule has 12 heavy (non-hydrogen) atoms. The zero-order chi connectivity index (χ0) is 8.97. The maximum Gasteiger partial charge on any atom is 0.304 e. The molecule has 4 nitrogen and oxygen atoms in total. The van der Waals surface area contributed by atoms with Gasteiger partial charge in [-0.25, -0.2) is 4.98 Å². The number of nitrogens with zero attached hydrogens (tertiary/aromatic N) is 1. The van der Waals surface area contributed by atoms with Gasteiger partial charge in [0.05, 0.1) is 6.42 Å². The Bertz CT molecular complexity index is 248. The largest absolute Gasteiger partial charge is 0.481 e. The van der Waals surface area contributed by atoms with Crippen molar-refractivity contribution >= 4 is 17.7 Å². The summed E-state index contributed by atoms with van der Waals surface area (Å²) in [5.41, 5.74) is 0. The van der Waals surface area contributed by atoms with E-state index in [0.717, 1.165) is 5.16 Å². The Labute approximate surface area is 74.4 Å². The van der Waals surface area contributed by atoms with Gasteiger partial charge in [-0.15, -0.1) is 0 Å². The van der Waals surface area contributed by atoms with E-state index in [1.54, 1.807) is 12.4 Å².